The summed E-state index contributed by atoms with van der Waals surface area (Å²) in [5, 5.41) is 7.98. The van der Waals surface area contributed by atoms with Crippen LogP contribution in [0.1, 0.15) is 24.6 Å². The third-order valence-corrected chi connectivity index (χ3v) is 1.96. The van der Waals surface area contributed by atoms with Crippen molar-refractivity contribution in [2.24, 2.45) is 5.73 Å². The first-order valence-corrected chi connectivity index (χ1v) is 4.34. The van der Waals surface area contributed by atoms with Crippen LogP contribution in [0.4, 0.5) is 0 Å². The zero-order valence-electron chi connectivity index (χ0n) is 8.32. The zero-order chi connectivity index (χ0) is 9.84. The van der Waals surface area contributed by atoms with E-state index in [1.54, 1.807) is 7.11 Å². The third kappa shape index (κ3) is 2.05. The van der Waals surface area contributed by atoms with Gasteiger partial charge in [-0.1, -0.05) is 0 Å². The Kier molecular flexibility index (Phi) is 3.39. The fourth-order valence-electron chi connectivity index (χ4n) is 1.32. The summed E-state index contributed by atoms with van der Waals surface area (Å²) in [7, 11) is 1.62. The number of hydrogen-bond donors (Lipinski definition) is 1. The van der Waals surface area contributed by atoms with E-state index in [1.807, 2.05) is 18.4 Å². The molecule has 5 heteroatoms. The molecule has 1 unspecified atom stereocenters. The van der Waals surface area contributed by atoms with Crippen LogP contribution in [0.3, 0.4) is 0 Å². The van der Waals surface area contributed by atoms with Gasteiger partial charge in [0.05, 0.1) is 12.6 Å². The Balaban J connectivity index is 2.86. The minimum atomic E-state index is -0.189. The average Bonchev–Trinajstić information content (AvgIpc) is 2.47. The topological polar surface area (TPSA) is 66.0 Å². The van der Waals surface area contributed by atoms with Crippen molar-refractivity contribution in [3.63, 3.8) is 0 Å². The Morgan fingerprint density at radius 1 is 1.54 bits per heavy atom. The van der Waals surface area contributed by atoms with E-state index in [9.17, 15) is 0 Å². The van der Waals surface area contributed by atoms with Crippen molar-refractivity contribution in [3.05, 3.63) is 11.6 Å². The Bertz CT molecular complexity index is 271. The monoisotopic (exact) mass is 184 g/mol. The number of hydrogen-bond acceptors (Lipinski definition) is 4. The van der Waals surface area contributed by atoms with Gasteiger partial charge in [0.1, 0.15) is 5.82 Å². The van der Waals surface area contributed by atoms with Crippen molar-refractivity contribution in [1.29, 1.82) is 0 Å². The van der Waals surface area contributed by atoms with Crippen LogP contribution in [0.15, 0.2) is 0 Å². The molecule has 0 saturated carbocycles. The summed E-state index contributed by atoms with van der Waals surface area (Å²) < 4.78 is 6.95. The van der Waals surface area contributed by atoms with Crippen molar-refractivity contribution in [2.75, 3.05) is 13.7 Å². The third-order valence-electron chi connectivity index (χ3n) is 1.96. The predicted octanol–water partition coefficient (Wildman–Crippen LogP) is 0.253. The van der Waals surface area contributed by atoms with Crippen LogP contribution >= 0.6 is 0 Å². The van der Waals surface area contributed by atoms with Gasteiger partial charge in [-0.15, -0.1) is 10.2 Å². The maximum absolute atomic E-state index is 5.85. The van der Waals surface area contributed by atoms with Gasteiger partial charge in [-0.05, 0) is 13.8 Å². The molecular weight excluding hydrogens is 168 g/mol. The Labute approximate surface area is 77.9 Å². The second-order valence-corrected chi connectivity index (χ2v) is 2.91. The number of aromatic nitrogens is 3. The molecule has 0 fully saturated rings. The van der Waals surface area contributed by atoms with Crippen LogP contribution in [0.25, 0.3) is 0 Å². The Morgan fingerprint density at radius 2 is 2.23 bits per heavy atom. The van der Waals surface area contributed by atoms with Crippen molar-refractivity contribution in [3.8, 4) is 0 Å². The molecule has 1 rings (SSSR count). The molecule has 1 atom stereocenters. The molecule has 13 heavy (non-hydrogen) atoms. The molecule has 0 amide bonds. The molecule has 0 spiro atoms. The summed E-state index contributed by atoms with van der Waals surface area (Å²) in [6.07, 6.45) is 0. The van der Waals surface area contributed by atoms with Crippen molar-refractivity contribution in [2.45, 2.75) is 26.4 Å². The summed E-state index contributed by atoms with van der Waals surface area (Å²) >= 11 is 0. The molecule has 0 aliphatic heterocycles. The SMILES string of the molecule is CCn1c(C)nnc1C(N)COC. The highest BCUT2D eigenvalue weighted by molar-refractivity contribution is 4.99. The van der Waals surface area contributed by atoms with Crippen molar-refractivity contribution < 1.29 is 4.74 Å². The normalized spacial score (nSPS) is 13.2. The quantitative estimate of drug-likeness (QED) is 0.728. The van der Waals surface area contributed by atoms with Crippen LogP contribution in [-0.4, -0.2) is 28.5 Å². The van der Waals surface area contributed by atoms with Gasteiger partial charge in [0.15, 0.2) is 5.82 Å². The van der Waals surface area contributed by atoms with Crippen LogP contribution in [0, 0.1) is 6.92 Å². The number of nitrogens with zero attached hydrogens (tertiary/aromatic N) is 3. The lowest BCUT2D eigenvalue weighted by atomic mass is 10.3. The molecule has 1 aromatic heterocycles. The van der Waals surface area contributed by atoms with Gasteiger partial charge in [0.25, 0.3) is 0 Å². The minimum absolute atomic E-state index is 0.189. The fraction of sp³-hybridized carbons (Fsp3) is 0.750. The molecule has 5 nitrogen and oxygen atoms in total. The first-order valence-electron chi connectivity index (χ1n) is 4.34. The Hall–Kier alpha value is -0.940. The number of ether oxygens (including phenoxy) is 1. The van der Waals surface area contributed by atoms with Crippen LogP contribution < -0.4 is 5.73 Å². The van der Waals surface area contributed by atoms with E-state index >= 15 is 0 Å². The number of aryl methyl sites for hydroxylation is 1. The van der Waals surface area contributed by atoms with E-state index in [2.05, 4.69) is 10.2 Å². The van der Waals surface area contributed by atoms with E-state index in [0.29, 0.717) is 6.61 Å². The molecule has 0 radical (unpaired) electrons. The highest BCUT2D eigenvalue weighted by Crippen LogP contribution is 2.09. The molecule has 0 aliphatic carbocycles. The number of nitrogens with two attached hydrogens (primary N) is 1. The minimum Gasteiger partial charge on any atom is -0.383 e. The summed E-state index contributed by atoms with van der Waals surface area (Å²) in [6.45, 7) is 5.27. The standard InChI is InChI=1S/C8H16N4O/c1-4-12-6(2)10-11-8(12)7(9)5-13-3/h7H,4-5,9H2,1-3H3. The van der Waals surface area contributed by atoms with Crippen LogP contribution in [0.5, 0.6) is 0 Å². The van der Waals surface area contributed by atoms with E-state index in [4.69, 9.17) is 10.5 Å². The highest BCUT2D eigenvalue weighted by Gasteiger charge is 2.14. The summed E-state index contributed by atoms with van der Waals surface area (Å²) in [4.78, 5) is 0. The number of rotatable bonds is 4. The lowest BCUT2D eigenvalue weighted by molar-refractivity contribution is 0.176. The molecule has 74 valence electrons. The van der Waals surface area contributed by atoms with Gasteiger partial charge in [-0.2, -0.15) is 0 Å². The molecular formula is C8H16N4O. The van der Waals surface area contributed by atoms with Gasteiger partial charge < -0.3 is 15.0 Å². The molecule has 0 aromatic carbocycles. The molecule has 0 aliphatic rings. The van der Waals surface area contributed by atoms with E-state index in [0.717, 1.165) is 18.2 Å². The highest BCUT2D eigenvalue weighted by atomic mass is 16.5. The van der Waals surface area contributed by atoms with Gasteiger partial charge >= 0.3 is 0 Å². The Morgan fingerprint density at radius 3 is 2.77 bits per heavy atom. The summed E-state index contributed by atoms with van der Waals surface area (Å²) in [5.74, 6) is 1.69. The second-order valence-electron chi connectivity index (χ2n) is 2.91. The molecule has 0 saturated heterocycles. The van der Waals surface area contributed by atoms with Crippen LogP contribution in [0.2, 0.25) is 0 Å². The van der Waals surface area contributed by atoms with Crippen molar-refractivity contribution >= 4 is 0 Å². The van der Waals surface area contributed by atoms with Crippen molar-refractivity contribution in [1.82, 2.24) is 14.8 Å². The molecule has 0 bridgehead atoms. The number of methoxy groups -OCH3 is 1. The molecule has 1 heterocycles. The zero-order valence-corrected chi connectivity index (χ0v) is 8.32. The predicted molar refractivity (Wildman–Crippen MR) is 49.2 cm³/mol. The summed E-state index contributed by atoms with van der Waals surface area (Å²) in [6, 6.07) is -0.189. The summed E-state index contributed by atoms with van der Waals surface area (Å²) in [5.41, 5.74) is 5.85. The first-order chi connectivity index (χ1) is 6.20. The van der Waals surface area contributed by atoms with Gasteiger partial charge in [0, 0.05) is 13.7 Å². The van der Waals surface area contributed by atoms with Crippen LogP contribution in [-0.2, 0) is 11.3 Å². The van der Waals surface area contributed by atoms with E-state index < -0.39 is 0 Å². The molecule has 1 aromatic rings. The van der Waals surface area contributed by atoms with Gasteiger partial charge in [-0.25, -0.2) is 0 Å². The molecule has 2 N–H and O–H groups in total. The second kappa shape index (κ2) is 4.34. The first kappa shape index (κ1) is 10.1. The lowest BCUT2D eigenvalue weighted by Gasteiger charge is -2.11. The van der Waals surface area contributed by atoms with Gasteiger partial charge in [0.2, 0.25) is 0 Å². The fourth-order valence-corrected chi connectivity index (χ4v) is 1.32. The smallest absolute Gasteiger partial charge is 0.152 e. The lowest BCUT2D eigenvalue weighted by Crippen LogP contribution is -2.21. The largest absolute Gasteiger partial charge is 0.383 e. The average molecular weight is 184 g/mol. The maximum atomic E-state index is 5.85. The van der Waals surface area contributed by atoms with E-state index in [-0.39, 0.29) is 6.04 Å². The maximum Gasteiger partial charge on any atom is 0.152 e. The van der Waals surface area contributed by atoms with Gasteiger partial charge in [-0.3, -0.25) is 0 Å². The van der Waals surface area contributed by atoms with E-state index in [1.165, 1.54) is 0 Å².